The number of rotatable bonds is 2. The van der Waals surface area contributed by atoms with Crippen LogP contribution < -0.4 is 0 Å². The Morgan fingerprint density at radius 1 is 1.00 bits per heavy atom. The molecule has 0 aliphatic carbocycles. The second kappa shape index (κ2) is 5.66. The van der Waals surface area contributed by atoms with Crippen LogP contribution in [0.4, 0.5) is 0 Å². The van der Waals surface area contributed by atoms with Crippen molar-refractivity contribution in [2.45, 2.75) is 26.6 Å². The predicted octanol–water partition coefficient (Wildman–Crippen LogP) is 3.94. The molecule has 118 valence electrons. The Bertz CT molecular complexity index is 792. The van der Waals surface area contributed by atoms with E-state index in [1.54, 1.807) is 11.3 Å². The Labute approximate surface area is 138 Å². The van der Waals surface area contributed by atoms with E-state index in [9.17, 15) is 9.59 Å². The first kappa shape index (κ1) is 15.5. The molecule has 0 atom stereocenters. The van der Waals surface area contributed by atoms with E-state index >= 15 is 0 Å². The number of hydrogen-bond donors (Lipinski definition) is 0. The highest BCUT2D eigenvalue weighted by Gasteiger charge is 2.38. The van der Waals surface area contributed by atoms with Gasteiger partial charge in [-0.25, -0.2) is 9.59 Å². The summed E-state index contributed by atoms with van der Waals surface area (Å²) >= 11 is 1.66. The zero-order valence-electron chi connectivity index (χ0n) is 13.1. The van der Waals surface area contributed by atoms with E-state index in [1.807, 2.05) is 43.3 Å². The van der Waals surface area contributed by atoms with Gasteiger partial charge in [-0.05, 0) is 36.3 Å². The molecule has 2 aromatic rings. The van der Waals surface area contributed by atoms with Crippen LogP contribution in [0.1, 0.15) is 24.3 Å². The number of esters is 2. The summed E-state index contributed by atoms with van der Waals surface area (Å²) in [6.07, 6.45) is 1.53. The van der Waals surface area contributed by atoms with Crippen LogP contribution in [-0.2, 0) is 19.1 Å². The van der Waals surface area contributed by atoms with Crippen molar-refractivity contribution in [1.82, 2.24) is 0 Å². The molecule has 0 spiro atoms. The lowest BCUT2D eigenvalue weighted by Crippen LogP contribution is -2.41. The van der Waals surface area contributed by atoms with Crippen LogP contribution >= 0.6 is 11.3 Å². The average molecular weight is 328 g/mol. The summed E-state index contributed by atoms with van der Waals surface area (Å²) in [7, 11) is 0. The lowest BCUT2D eigenvalue weighted by molar-refractivity contribution is -0.222. The summed E-state index contributed by atoms with van der Waals surface area (Å²) in [5.74, 6) is -2.55. The Balaban J connectivity index is 2.03. The fourth-order valence-electron chi connectivity index (χ4n) is 2.36. The summed E-state index contributed by atoms with van der Waals surface area (Å²) in [5, 5.41) is 0. The minimum Gasteiger partial charge on any atom is -0.419 e. The summed E-state index contributed by atoms with van der Waals surface area (Å²) in [4.78, 5) is 26.4. The van der Waals surface area contributed by atoms with Crippen molar-refractivity contribution < 1.29 is 19.1 Å². The highest BCUT2D eigenvalue weighted by molar-refractivity contribution is 7.15. The maximum Gasteiger partial charge on any atom is 0.348 e. The van der Waals surface area contributed by atoms with E-state index in [-0.39, 0.29) is 5.57 Å². The van der Waals surface area contributed by atoms with Crippen molar-refractivity contribution in [1.29, 1.82) is 0 Å². The van der Waals surface area contributed by atoms with Gasteiger partial charge in [0.05, 0.1) is 0 Å². The molecule has 1 saturated heterocycles. The first-order valence-electron chi connectivity index (χ1n) is 7.20. The van der Waals surface area contributed by atoms with Crippen molar-refractivity contribution in [2.24, 2.45) is 0 Å². The Hall–Kier alpha value is -2.40. The molecule has 1 aromatic carbocycles. The van der Waals surface area contributed by atoms with E-state index in [0.717, 1.165) is 16.0 Å². The highest BCUT2D eigenvalue weighted by atomic mass is 32.1. The van der Waals surface area contributed by atoms with Crippen LogP contribution in [0, 0.1) is 6.92 Å². The molecule has 3 rings (SSSR count). The summed E-state index contributed by atoms with van der Waals surface area (Å²) in [5.41, 5.74) is 1.64. The molecule has 4 nitrogen and oxygen atoms in total. The lowest BCUT2D eigenvalue weighted by Gasteiger charge is -2.29. The highest BCUT2D eigenvalue weighted by Crippen LogP contribution is 2.32. The topological polar surface area (TPSA) is 52.6 Å². The molecular weight excluding hydrogens is 312 g/mol. The Morgan fingerprint density at radius 2 is 1.65 bits per heavy atom. The van der Waals surface area contributed by atoms with Gasteiger partial charge in [0.2, 0.25) is 0 Å². The third-order valence-corrected chi connectivity index (χ3v) is 4.42. The smallest absolute Gasteiger partial charge is 0.348 e. The number of thiophene rings is 1. The second-order valence-electron chi connectivity index (χ2n) is 5.73. The van der Waals surface area contributed by atoms with E-state index in [2.05, 4.69) is 0 Å². The van der Waals surface area contributed by atoms with E-state index in [0.29, 0.717) is 0 Å². The van der Waals surface area contributed by atoms with Gasteiger partial charge in [0.15, 0.2) is 0 Å². The minimum atomic E-state index is -1.23. The first-order valence-corrected chi connectivity index (χ1v) is 8.01. The average Bonchev–Trinajstić information content (AvgIpc) is 2.89. The molecule has 23 heavy (non-hydrogen) atoms. The van der Waals surface area contributed by atoms with Crippen molar-refractivity contribution in [2.75, 3.05) is 0 Å². The van der Waals surface area contributed by atoms with E-state index < -0.39 is 17.7 Å². The molecule has 0 radical (unpaired) electrons. The van der Waals surface area contributed by atoms with Gasteiger partial charge >= 0.3 is 11.9 Å². The van der Waals surface area contributed by atoms with Gasteiger partial charge in [0.25, 0.3) is 5.79 Å². The Kier molecular flexibility index (Phi) is 3.82. The summed E-state index contributed by atoms with van der Waals surface area (Å²) in [6, 6.07) is 11.7. The molecule has 0 amide bonds. The first-order chi connectivity index (χ1) is 10.9. The number of benzene rings is 1. The number of cyclic esters (lactones) is 2. The van der Waals surface area contributed by atoms with Gasteiger partial charge in [-0.2, -0.15) is 0 Å². The fraction of sp³-hybridized carbons (Fsp3) is 0.222. The molecule has 0 bridgehead atoms. The third-order valence-electron chi connectivity index (χ3n) is 3.38. The normalized spacial score (nSPS) is 16.7. The van der Waals surface area contributed by atoms with Crippen LogP contribution in [0.5, 0.6) is 0 Å². The van der Waals surface area contributed by atoms with E-state index in [1.165, 1.54) is 24.8 Å². The zero-order valence-corrected chi connectivity index (χ0v) is 13.9. The molecule has 1 aromatic heterocycles. The molecule has 0 N–H and O–H groups in total. The maximum absolute atomic E-state index is 12.1. The lowest BCUT2D eigenvalue weighted by atomic mass is 10.0. The summed E-state index contributed by atoms with van der Waals surface area (Å²) < 4.78 is 10.3. The van der Waals surface area contributed by atoms with Gasteiger partial charge < -0.3 is 9.47 Å². The molecule has 2 heterocycles. The van der Waals surface area contributed by atoms with E-state index in [4.69, 9.17) is 9.47 Å². The van der Waals surface area contributed by atoms with Gasteiger partial charge in [0, 0.05) is 23.6 Å². The van der Waals surface area contributed by atoms with Crippen molar-refractivity contribution in [3.8, 4) is 10.4 Å². The molecule has 0 unspecified atom stereocenters. The molecule has 1 aliphatic heterocycles. The number of hydrogen-bond acceptors (Lipinski definition) is 5. The fourth-order valence-corrected chi connectivity index (χ4v) is 3.28. The SMILES string of the molecule is Cc1ccc(-c2ccccc2C=C2C(=O)OC(C)(C)OC2=O)s1. The standard InChI is InChI=1S/C18H16O4S/c1-11-8-9-15(23-11)13-7-5-4-6-12(13)10-14-16(19)21-18(2,3)22-17(14)20/h4-10H,1-3H3. The van der Waals surface area contributed by atoms with Gasteiger partial charge in [-0.3, -0.25) is 0 Å². The van der Waals surface area contributed by atoms with Crippen LogP contribution in [0.25, 0.3) is 16.5 Å². The number of carbonyl (C=O) groups excluding carboxylic acids is 2. The predicted molar refractivity (Wildman–Crippen MR) is 88.7 cm³/mol. The van der Waals surface area contributed by atoms with Gasteiger partial charge in [-0.15, -0.1) is 11.3 Å². The molecule has 5 heteroatoms. The summed E-state index contributed by atoms with van der Waals surface area (Å²) in [6.45, 7) is 5.09. The second-order valence-corrected chi connectivity index (χ2v) is 7.02. The van der Waals surface area contributed by atoms with Crippen molar-refractivity contribution >= 4 is 29.4 Å². The monoisotopic (exact) mass is 328 g/mol. The third kappa shape index (κ3) is 3.19. The molecule has 1 fully saturated rings. The number of ether oxygens (including phenoxy) is 2. The number of carbonyl (C=O) groups is 2. The van der Waals surface area contributed by atoms with Gasteiger partial charge in [0.1, 0.15) is 5.57 Å². The van der Waals surface area contributed by atoms with Gasteiger partial charge in [-0.1, -0.05) is 24.3 Å². The van der Waals surface area contributed by atoms with Crippen LogP contribution in [0.3, 0.4) is 0 Å². The van der Waals surface area contributed by atoms with Crippen LogP contribution in [-0.4, -0.2) is 17.7 Å². The molecular formula is C18H16O4S. The maximum atomic E-state index is 12.1. The molecule has 1 aliphatic rings. The number of aryl methyl sites for hydroxylation is 1. The molecule has 0 saturated carbocycles. The van der Waals surface area contributed by atoms with Crippen molar-refractivity contribution in [3.63, 3.8) is 0 Å². The quantitative estimate of drug-likeness (QED) is 0.476. The van der Waals surface area contributed by atoms with Crippen LogP contribution in [0.2, 0.25) is 0 Å². The largest absolute Gasteiger partial charge is 0.419 e. The minimum absolute atomic E-state index is 0.0925. The van der Waals surface area contributed by atoms with Crippen LogP contribution in [0.15, 0.2) is 42.0 Å². The van der Waals surface area contributed by atoms with Crippen molar-refractivity contribution in [3.05, 3.63) is 52.4 Å². The zero-order chi connectivity index (χ0) is 16.6. The Morgan fingerprint density at radius 3 is 2.26 bits per heavy atom.